The van der Waals surface area contributed by atoms with E-state index in [-0.39, 0.29) is 0 Å². The van der Waals surface area contributed by atoms with Crippen molar-refractivity contribution in [1.29, 1.82) is 0 Å². The molecule has 0 fully saturated rings. The molecule has 0 N–H and O–H groups in total. The van der Waals surface area contributed by atoms with Crippen molar-refractivity contribution in [3.8, 4) is 45.0 Å². The number of fused-ring (bicyclic) bond motifs is 8. The quantitative estimate of drug-likeness (QED) is 0.165. The van der Waals surface area contributed by atoms with Gasteiger partial charge in [0.1, 0.15) is 11.2 Å². The first-order valence-corrected chi connectivity index (χ1v) is 19.8. The molecule has 3 aromatic heterocycles. The van der Waals surface area contributed by atoms with Gasteiger partial charge in [0.15, 0.2) is 5.82 Å². The Balaban J connectivity index is 1.27. The summed E-state index contributed by atoms with van der Waals surface area (Å²) in [5.41, 5.74) is 13.6. The maximum Gasteiger partial charge on any atom is 0.165 e. The van der Waals surface area contributed by atoms with Gasteiger partial charge < -0.3 is 4.57 Å². The molecule has 0 unspecified atom stereocenters. The van der Waals surface area contributed by atoms with Crippen LogP contribution in [0.15, 0.2) is 206 Å². The molecular weight excluding hydrogens is 705 g/mol. The van der Waals surface area contributed by atoms with Crippen molar-refractivity contribution in [1.82, 2.24) is 19.1 Å². The lowest BCUT2D eigenvalue weighted by atomic mass is 9.89. The van der Waals surface area contributed by atoms with Crippen molar-refractivity contribution in [3.05, 3.63) is 206 Å². The lowest BCUT2D eigenvalue weighted by molar-refractivity contribution is 1.08. The van der Waals surface area contributed by atoms with Gasteiger partial charge in [-0.3, -0.25) is 4.57 Å². The van der Waals surface area contributed by atoms with E-state index in [0.29, 0.717) is 0 Å². The third-order valence-corrected chi connectivity index (χ3v) is 11.7. The molecule has 0 spiro atoms. The summed E-state index contributed by atoms with van der Waals surface area (Å²) in [5, 5.41) is 7.08. The highest BCUT2D eigenvalue weighted by molar-refractivity contribution is 6.20. The third-order valence-electron chi connectivity index (χ3n) is 11.7. The van der Waals surface area contributed by atoms with Crippen molar-refractivity contribution in [3.63, 3.8) is 0 Å². The molecule has 12 aromatic rings. The lowest BCUT2D eigenvalue weighted by Gasteiger charge is -2.20. The Morgan fingerprint density at radius 1 is 0.293 bits per heavy atom. The van der Waals surface area contributed by atoms with Gasteiger partial charge in [-0.1, -0.05) is 176 Å². The monoisotopic (exact) mass is 738 g/mol. The summed E-state index contributed by atoms with van der Waals surface area (Å²) >= 11 is 0. The summed E-state index contributed by atoms with van der Waals surface area (Å²) in [5.74, 6) is 0.788. The molecule has 0 saturated carbocycles. The minimum absolute atomic E-state index is 0.788. The van der Waals surface area contributed by atoms with E-state index in [9.17, 15) is 0 Å². The molecule has 3 heterocycles. The maximum absolute atomic E-state index is 5.89. The first-order chi connectivity index (χ1) is 28.8. The predicted octanol–water partition coefficient (Wildman–Crippen LogP) is 14.0. The molecular formula is C54H34N4. The van der Waals surface area contributed by atoms with E-state index in [2.05, 4.69) is 215 Å². The fourth-order valence-corrected chi connectivity index (χ4v) is 9.29. The second kappa shape index (κ2) is 12.9. The molecule has 0 saturated heterocycles. The van der Waals surface area contributed by atoms with E-state index in [1.807, 2.05) is 0 Å². The van der Waals surface area contributed by atoms with Gasteiger partial charge in [-0.05, 0) is 52.2 Å². The van der Waals surface area contributed by atoms with Gasteiger partial charge in [0.25, 0.3) is 0 Å². The third kappa shape index (κ3) is 4.76. The number of aromatic nitrogens is 4. The summed E-state index contributed by atoms with van der Waals surface area (Å²) in [6.07, 6.45) is 0. The van der Waals surface area contributed by atoms with E-state index >= 15 is 0 Å². The van der Waals surface area contributed by atoms with Crippen LogP contribution < -0.4 is 0 Å². The number of benzene rings is 9. The van der Waals surface area contributed by atoms with Crippen molar-refractivity contribution < 1.29 is 0 Å². The summed E-state index contributed by atoms with van der Waals surface area (Å²) in [7, 11) is 0. The van der Waals surface area contributed by atoms with Gasteiger partial charge >= 0.3 is 0 Å². The van der Waals surface area contributed by atoms with Crippen molar-refractivity contribution in [2.75, 3.05) is 0 Å². The zero-order valence-corrected chi connectivity index (χ0v) is 31.4. The van der Waals surface area contributed by atoms with E-state index in [0.717, 1.165) is 88.6 Å². The van der Waals surface area contributed by atoms with E-state index < -0.39 is 0 Å². The Bertz CT molecular complexity index is 3490. The van der Waals surface area contributed by atoms with Crippen LogP contribution in [0.2, 0.25) is 0 Å². The second-order valence-corrected chi connectivity index (χ2v) is 14.9. The standard InChI is InChI=1S/C54H34N4/c1-4-19-35(20-5-1)48-40-27-10-11-28-41(40)49(36-21-6-2-7-22-36)53-52(48)55-51(37-23-8-3-9-24-37)54(56-53)58-45-32-17-14-29-42(45)50-46(33-18-34-47(50)58)57-43-30-15-12-25-38(43)39-26-13-16-31-44(39)57/h1-34H. The van der Waals surface area contributed by atoms with Gasteiger partial charge in [-0.2, -0.15) is 0 Å². The second-order valence-electron chi connectivity index (χ2n) is 14.9. The molecule has 0 aliphatic heterocycles. The fraction of sp³-hybridized carbons (Fsp3) is 0. The number of nitrogens with zero attached hydrogens (tertiary/aromatic N) is 4. The minimum atomic E-state index is 0.788. The summed E-state index contributed by atoms with van der Waals surface area (Å²) in [6, 6.07) is 73.4. The van der Waals surface area contributed by atoms with Gasteiger partial charge in [0, 0.05) is 38.2 Å². The van der Waals surface area contributed by atoms with Gasteiger partial charge in [-0.15, -0.1) is 0 Å². The molecule has 270 valence electrons. The Labute approximate surface area is 334 Å². The zero-order valence-electron chi connectivity index (χ0n) is 31.4. The minimum Gasteiger partial charge on any atom is -0.309 e. The van der Waals surface area contributed by atoms with Crippen LogP contribution in [0.5, 0.6) is 0 Å². The number of hydrogen-bond acceptors (Lipinski definition) is 2. The smallest absolute Gasteiger partial charge is 0.165 e. The van der Waals surface area contributed by atoms with Crippen LogP contribution in [0, 0.1) is 0 Å². The number of hydrogen-bond donors (Lipinski definition) is 0. The Hall–Kier alpha value is -7.82. The average molecular weight is 739 g/mol. The topological polar surface area (TPSA) is 35.6 Å². The van der Waals surface area contributed by atoms with Crippen LogP contribution >= 0.6 is 0 Å². The summed E-state index contributed by atoms with van der Waals surface area (Å²) < 4.78 is 4.78. The van der Waals surface area contributed by atoms with Crippen molar-refractivity contribution >= 4 is 65.4 Å². The Morgan fingerprint density at radius 3 is 1.26 bits per heavy atom. The fourth-order valence-electron chi connectivity index (χ4n) is 9.29. The average Bonchev–Trinajstić information content (AvgIpc) is 3.82. The van der Waals surface area contributed by atoms with Crippen LogP contribution in [0.3, 0.4) is 0 Å². The maximum atomic E-state index is 5.89. The molecule has 12 rings (SSSR count). The number of para-hydroxylation sites is 3. The molecule has 0 amide bonds. The first kappa shape index (κ1) is 32.4. The van der Waals surface area contributed by atoms with Crippen LogP contribution in [0.1, 0.15) is 0 Å². The Kier molecular flexibility index (Phi) is 7.20. The van der Waals surface area contributed by atoms with Gasteiger partial charge in [-0.25, -0.2) is 9.97 Å². The van der Waals surface area contributed by atoms with Crippen LogP contribution in [0.4, 0.5) is 0 Å². The SMILES string of the molecule is c1ccc(-c2nc3c(-c4ccccc4)c4ccccc4c(-c4ccccc4)c3nc2-n2c3ccccc3c3c(-n4c5ccccc5c5ccccc54)cccc32)cc1. The van der Waals surface area contributed by atoms with E-state index in [1.165, 1.54) is 21.8 Å². The predicted molar refractivity (Wildman–Crippen MR) is 242 cm³/mol. The molecule has 58 heavy (non-hydrogen) atoms. The largest absolute Gasteiger partial charge is 0.309 e. The van der Waals surface area contributed by atoms with Gasteiger partial charge in [0.2, 0.25) is 0 Å². The Morgan fingerprint density at radius 2 is 0.707 bits per heavy atom. The summed E-state index contributed by atoms with van der Waals surface area (Å²) in [6.45, 7) is 0. The summed E-state index contributed by atoms with van der Waals surface area (Å²) in [4.78, 5) is 11.7. The molecule has 0 aliphatic rings. The molecule has 4 heteroatoms. The zero-order chi connectivity index (χ0) is 38.2. The van der Waals surface area contributed by atoms with E-state index in [4.69, 9.17) is 9.97 Å². The van der Waals surface area contributed by atoms with Gasteiger partial charge in [0.05, 0.1) is 33.3 Å². The van der Waals surface area contributed by atoms with Crippen molar-refractivity contribution in [2.24, 2.45) is 0 Å². The molecule has 0 bridgehead atoms. The highest BCUT2D eigenvalue weighted by Gasteiger charge is 2.26. The highest BCUT2D eigenvalue weighted by atomic mass is 15.1. The van der Waals surface area contributed by atoms with E-state index in [1.54, 1.807) is 0 Å². The molecule has 4 nitrogen and oxygen atoms in total. The van der Waals surface area contributed by atoms with Crippen LogP contribution in [-0.4, -0.2) is 19.1 Å². The molecule has 9 aromatic carbocycles. The molecule has 0 aliphatic carbocycles. The first-order valence-electron chi connectivity index (χ1n) is 19.8. The van der Waals surface area contributed by atoms with Crippen LogP contribution in [-0.2, 0) is 0 Å². The number of rotatable bonds is 5. The van der Waals surface area contributed by atoms with Crippen LogP contribution in [0.25, 0.3) is 110 Å². The highest BCUT2D eigenvalue weighted by Crippen LogP contribution is 2.46. The van der Waals surface area contributed by atoms with Crippen molar-refractivity contribution in [2.45, 2.75) is 0 Å². The lowest BCUT2D eigenvalue weighted by Crippen LogP contribution is -2.06. The normalized spacial score (nSPS) is 11.8. The molecule has 0 radical (unpaired) electrons. The molecule has 0 atom stereocenters.